The van der Waals surface area contributed by atoms with Gasteiger partial charge in [-0.1, -0.05) is 24.3 Å². The van der Waals surface area contributed by atoms with E-state index in [-0.39, 0.29) is 0 Å². The third-order valence-corrected chi connectivity index (χ3v) is 2.05. The molecular weight excluding hydrogens is 172 g/mol. The van der Waals surface area contributed by atoms with Crippen molar-refractivity contribution in [1.82, 2.24) is 0 Å². The highest BCUT2D eigenvalue weighted by molar-refractivity contribution is 5.82. The van der Waals surface area contributed by atoms with Crippen molar-refractivity contribution in [1.29, 1.82) is 0 Å². The summed E-state index contributed by atoms with van der Waals surface area (Å²) in [4.78, 5) is 21.2. The molecule has 13 heavy (non-hydrogen) atoms. The number of hydrogen-bond acceptors (Lipinski definition) is 2. The molecular formula is C9H10O4. The second-order valence-electron chi connectivity index (χ2n) is 3.17. The van der Waals surface area contributed by atoms with E-state index in [1.54, 1.807) is 0 Å². The first-order chi connectivity index (χ1) is 5.96. The Morgan fingerprint density at radius 2 is 1.69 bits per heavy atom. The molecule has 0 unspecified atom stereocenters. The minimum absolute atomic E-state index is 0.701. The summed E-state index contributed by atoms with van der Waals surface area (Å²) in [6.07, 6.45) is 5.56. The van der Waals surface area contributed by atoms with Crippen LogP contribution in [0.2, 0.25) is 0 Å². The second-order valence-corrected chi connectivity index (χ2v) is 3.17. The molecule has 0 aromatic heterocycles. The predicted molar refractivity (Wildman–Crippen MR) is 45.1 cm³/mol. The maximum absolute atomic E-state index is 10.7. The topological polar surface area (TPSA) is 74.6 Å². The average Bonchev–Trinajstić information content (AvgIpc) is 2.04. The summed E-state index contributed by atoms with van der Waals surface area (Å²) < 4.78 is 0. The van der Waals surface area contributed by atoms with E-state index in [2.05, 4.69) is 0 Å². The lowest BCUT2D eigenvalue weighted by molar-refractivity contribution is -0.143. The van der Waals surface area contributed by atoms with Gasteiger partial charge < -0.3 is 10.2 Å². The molecule has 1 aliphatic carbocycles. The molecule has 0 fully saturated rings. The highest BCUT2D eigenvalue weighted by atomic mass is 16.4. The molecule has 0 radical (unpaired) electrons. The van der Waals surface area contributed by atoms with Crippen molar-refractivity contribution in [3.8, 4) is 0 Å². The average molecular weight is 182 g/mol. The van der Waals surface area contributed by atoms with Crippen LogP contribution in [0.15, 0.2) is 24.3 Å². The van der Waals surface area contributed by atoms with Crippen LogP contribution in [0, 0.1) is 11.3 Å². The number of hydrogen-bond donors (Lipinski definition) is 2. The fourth-order valence-electron chi connectivity index (χ4n) is 1.03. The van der Waals surface area contributed by atoms with E-state index < -0.39 is 23.3 Å². The molecule has 0 bridgehead atoms. The SMILES string of the molecule is CC1(C(=O)O)C=CC(C(=O)O)C=C1. The minimum atomic E-state index is -1.06. The number of carbonyl (C=O) groups is 2. The molecule has 0 saturated heterocycles. The van der Waals surface area contributed by atoms with Crippen LogP contribution in [0.1, 0.15) is 6.92 Å². The Hall–Kier alpha value is -1.58. The Bertz CT molecular complexity index is 287. The van der Waals surface area contributed by atoms with E-state index in [1.807, 2.05) is 0 Å². The minimum Gasteiger partial charge on any atom is -0.481 e. The van der Waals surface area contributed by atoms with E-state index in [0.717, 1.165) is 0 Å². The van der Waals surface area contributed by atoms with Gasteiger partial charge in [0.25, 0.3) is 0 Å². The van der Waals surface area contributed by atoms with Crippen molar-refractivity contribution in [2.45, 2.75) is 6.92 Å². The van der Waals surface area contributed by atoms with Gasteiger partial charge in [0.05, 0.1) is 5.92 Å². The van der Waals surface area contributed by atoms with Crippen molar-refractivity contribution in [3.63, 3.8) is 0 Å². The van der Waals surface area contributed by atoms with Crippen molar-refractivity contribution in [2.75, 3.05) is 0 Å². The first-order valence-electron chi connectivity index (χ1n) is 3.80. The van der Waals surface area contributed by atoms with Gasteiger partial charge in [-0.3, -0.25) is 9.59 Å². The van der Waals surface area contributed by atoms with Crippen LogP contribution < -0.4 is 0 Å². The zero-order valence-electron chi connectivity index (χ0n) is 7.10. The molecule has 70 valence electrons. The maximum atomic E-state index is 10.7. The molecule has 0 aromatic rings. The first-order valence-corrected chi connectivity index (χ1v) is 3.80. The molecule has 0 aliphatic heterocycles. The predicted octanol–water partition coefficient (Wildman–Crippen LogP) is 0.904. The van der Waals surface area contributed by atoms with Crippen LogP contribution >= 0.6 is 0 Å². The van der Waals surface area contributed by atoms with Gasteiger partial charge >= 0.3 is 11.9 Å². The van der Waals surface area contributed by atoms with Gasteiger partial charge in [-0.2, -0.15) is 0 Å². The fraction of sp³-hybridized carbons (Fsp3) is 0.333. The summed E-state index contributed by atoms with van der Waals surface area (Å²) in [5.41, 5.74) is -1.06. The summed E-state index contributed by atoms with van der Waals surface area (Å²) in [5.74, 6) is -2.66. The van der Waals surface area contributed by atoms with Gasteiger partial charge in [-0.15, -0.1) is 0 Å². The summed E-state index contributed by atoms with van der Waals surface area (Å²) in [6, 6.07) is 0. The van der Waals surface area contributed by atoms with Gasteiger partial charge in [-0.25, -0.2) is 0 Å². The van der Waals surface area contributed by atoms with Crippen LogP contribution in [0.4, 0.5) is 0 Å². The normalized spacial score (nSPS) is 31.6. The Labute approximate surface area is 75.2 Å². The van der Waals surface area contributed by atoms with E-state index in [9.17, 15) is 9.59 Å². The third kappa shape index (κ3) is 1.77. The highest BCUT2D eigenvalue weighted by Crippen LogP contribution is 2.26. The fourth-order valence-corrected chi connectivity index (χ4v) is 1.03. The highest BCUT2D eigenvalue weighted by Gasteiger charge is 2.30. The molecule has 0 saturated carbocycles. The lowest BCUT2D eigenvalue weighted by atomic mass is 9.83. The molecule has 0 amide bonds. The summed E-state index contributed by atoms with van der Waals surface area (Å²) in [7, 11) is 0. The van der Waals surface area contributed by atoms with Crippen LogP contribution in [-0.4, -0.2) is 22.2 Å². The van der Waals surface area contributed by atoms with E-state index in [1.165, 1.54) is 31.2 Å². The molecule has 0 heterocycles. The molecule has 0 spiro atoms. The lowest BCUT2D eigenvalue weighted by Gasteiger charge is -2.20. The van der Waals surface area contributed by atoms with Crippen LogP contribution in [0.5, 0.6) is 0 Å². The number of rotatable bonds is 2. The summed E-state index contributed by atoms with van der Waals surface area (Å²) in [6.45, 7) is 1.51. The van der Waals surface area contributed by atoms with Crippen molar-refractivity contribution in [3.05, 3.63) is 24.3 Å². The van der Waals surface area contributed by atoms with Gasteiger partial charge in [-0.05, 0) is 6.92 Å². The molecule has 1 rings (SSSR count). The Kier molecular flexibility index (Phi) is 2.23. The lowest BCUT2D eigenvalue weighted by Crippen LogP contribution is -2.26. The molecule has 4 heteroatoms. The standard InChI is InChI=1S/C9H10O4/c1-9(8(12)13)4-2-6(3-5-9)7(10)11/h2-6H,1H3,(H,10,11)(H,12,13). The smallest absolute Gasteiger partial charge is 0.317 e. The largest absolute Gasteiger partial charge is 0.481 e. The Morgan fingerprint density at radius 3 is 2.00 bits per heavy atom. The molecule has 2 N–H and O–H groups in total. The van der Waals surface area contributed by atoms with Crippen LogP contribution in [0.3, 0.4) is 0 Å². The van der Waals surface area contributed by atoms with Crippen LogP contribution in [0.25, 0.3) is 0 Å². The molecule has 0 aromatic carbocycles. The summed E-state index contributed by atoms with van der Waals surface area (Å²) >= 11 is 0. The zero-order valence-corrected chi connectivity index (χ0v) is 7.10. The monoisotopic (exact) mass is 182 g/mol. The van der Waals surface area contributed by atoms with Gasteiger partial charge in [0, 0.05) is 0 Å². The van der Waals surface area contributed by atoms with Crippen molar-refractivity contribution in [2.24, 2.45) is 11.3 Å². The van der Waals surface area contributed by atoms with Crippen LogP contribution in [-0.2, 0) is 9.59 Å². The van der Waals surface area contributed by atoms with E-state index >= 15 is 0 Å². The quantitative estimate of drug-likeness (QED) is 0.622. The molecule has 4 nitrogen and oxygen atoms in total. The Balaban J connectivity index is 2.85. The number of carboxylic acid groups (broad SMARTS) is 2. The first kappa shape index (κ1) is 9.51. The maximum Gasteiger partial charge on any atom is 0.317 e. The zero-order chi connectivity index (χ0) is 10.1. The molecule has 1 aliphatic rings. The summed E-state index contributed by atoms with van der Waals surface area (Å²) in [5, 5.41) is 17.4. The van der Waals surface area contributed by atoms with E-state index in [0.29, 0.717) is 0 Å². The van der Waals surface area contributed by atoms with Gasteiger partial charge in [0.1, 0.15) is 5.41 Å². The number of carboxylic acids is 2. The molecule has 0 atom stereocenters. The van der Waals surface area contributed by atoms with Gasteiger partial charge in [0.15, 0.2) is 0 Å². The van der Waals surface area contributed by atoms with E-state index in [4.69, 9.17) is 10.2 Å². The van der Waals surface area contributed by atoms with Crippen molar-refractivity contribution >= 4 is 11.9 Å². The van der Waals surface area contributed by atoms with Crippen molar-refractivity contribution < 1.29 is 19.8 Å². The Morgan fingerprint density at radius 1 is 1.23 bits per heavy atom. The number of aliphatic carboxylic acids is 2. The van der Waals surface area contributed by atoms with Gasteiger partial charge in [0.2, 0.25) is 0 Å². The second kappa shape index (κ2) is 3.05. The third-order valence-electron chi connectivity index (χ3n) is 2.05.